The first-order chi connectivity index (χ1) is 13.7. The molecule has 2 N–H and O–H groups in total. The molecule has 0 unspecified atom stereocenters. The molecule has 2 aromatic carbocycles. The van der Waals surface area contributed by atoms with E-state index in [0.717, 1.165) is 18.3 Å². The molecule has 0 aliphatic carbocycles. The number of carboxylic acids is 1. The predicted molar refractivity (Wildman–Crippen MR) is 141 cm³/mol. The van der Waals surface area contributed by atoms with Crippen LogP contribution in [0.2, 0.25) is 0 Å². The molecule has 0 saturated heterocycles. The molecule has 1 aromatic heterocycles. The Bertz CT molecular complexity index is 1130. The molecule has 1 amide bonds. The van der Waals surface area contributed by atoms with E-state index in [1.165, 1.54) is 11.3 Å². The molecule has 0 fully saturated rings. The highest BCUT2D eigenvalue weighted by molar-refractivity contribution is 14.1. The first-order valence-corrected chi connectivity index (χ1v) is 12.3. The number of carbonyl (C=O) groups is 2. The number of rotatable bonds is 5. The number of anilines is 1. The number of carboxylic acid groups (broad SMARTS) is 1. The number of methoxy groups -OCH3 is 1. The number of amides is 1. The largest absolute Gasteiger partial charge is 0.494 e. The van der Waals surface area contributed by atoms with Gasteiger partial charge in [0.05, 0.1) is 19.8 Å². The van der Waals surface area contributed by atoms with Crippen LogP contribution in [0.1, 0.15) is 26.3 Å². The summed E-state index contributed by atoms with van der Waals surface area (Å²) >= 11 is 7.60. The van der Waals surface area contributed by atoms with E-state index in [1.54, 1.807) is 18.6 Å². The third-order valence-corrected chi connectivity index (χ3v) is 9.05. The van der Waals surface area contributed by atoms with Crippen molar-refractivity contribution < 1.29 is 19.4 Å². The van der Waals surface area contributed by atoms with Gasteiger partial charge in [0.15, 0.2) is 0 Å². The lowest BCUT2D eigenvalue weighted by atomic mass is 10.0. The van der Waals surface area contributed by atoms with Crippen molar-refractivity contribution >= 4 is 96.0 Å². The molecule has 0 bridgehead atoms. The van der Waals surface area contributed by atoms with Gasteiger partial charge in [0.2, 0.25) is 0 Å². The number of hydrogen-bond acceptors (Lipinski definition) is 4. The summed E-state index contributed by atoms with van der Waals surface area (Å²) in [7, 11) is 1.56. The van der Waals surface area contributed by atoms with E-state index in [-0.39, 0.29) is 11.5 Å². The number of nitrogens with one attached hydrogen (secondary N) is 1. The molecule has 29 heavy (non-hydrogen) atoms. The summed E-state index contributed by atoms with van der Waals surface area (Å²) in [6.07, 6.45) is 0. The number of halogens is 3. The molecule has 3 aromatic rings. The van der Waals surface area contributed by atoms with Crippen molar-refractivity contribution in [3.63, 3.8) is 0 Å². The summed E-state index contributed by atoms with van der Waals surface area (Å²) in [5.41, 5.74) is 2.96. The molecule has 0 aliphatic heterocycles. The van der Waals surface area contributed by atoms with Crippen LogP contribution in [0.25, 0.3) is 11.1 Å². The van der Waals surface area contributed by atoms with Gasteiger partial charge in [-0.25, -0.2) is 4.79 Å². The van der Waals surface area contributed by atoms with Crippen LogP contribution < -0.4 is 10.1 Å². The minimum Gasteiger partial charge on any atom is -0.494 e. The fraction of sp³-hybridized carbons (Fsp3) is 0.100. The zero-order valence-corrected chi connectivity index (χ0v) is 22.5. The van der Waals surface area contributed by atoms with E-state index < -0.39 is 5.97 Å². The number of hydrogen-bond donors (Lipinski definition) is 2. The maximum absolute atomic E-state index is 13.0. The van der Waals surface area contributed by atoms with Crippen LogP contribution in [-0.4, -0.2) is 24.1 Å². The van der Waals surface area contributed by atoms with E-state index in [1.807, 2.05) is 31.2 Å². The van der Waals surface area contributed by atoms with Gasteiger partial charge in [-0.2, -0.15) is 0 Å². The summed E-state index contributed by atoms with van der Waals surface area (Å²) in [5, 5.41) is 14.7. The minimum absolute atomic E-state index is 0.0936. The quantitative estimate of drug-likeness (QED) is 0.231. The van der Waals surface area contributed by atoms with E-state index >= 15 is 0 Å². The number of aryl methyl sites for hydroxylation is 1. The lowest BCUT2D eigenvalue weighted by Crippen LogP contribution is -2.16. The standard InChI is InChI=1S/C20H14I3NO4S/c1-9-4-3-5-10(6-9)12-8-29-19(14(12)20(26)27)24-18(25)11-7-13(21)16(23)17(28-2)15(11)22/h3-8H,1-2H3,(H,24,25)(H,26,27). The monoisotopic (exact) mass is 745 g/mol. The zero-order chi connectivity index (χ0) is 21.3. The molecular weight excluding hydrogens is 731 g/mol. The molecule has 1 heterocycles. The average molecular weight is 745 g/mol. The summed E-state index contributed by atoms with van der Waals surface area (Å²) < 4.78 is 7.93. The van der Waals surface area contributed by atoms with Crippen LogP contribution >= 0.6 is 79.1 Å². The van der Waals surface area contributed by atoms with E-state index in [4.69, 9.17) is 4.74 Å². The molecule has 3 rings (SSSR count). The van der Waals surface area contributed by atoms with E-state index in [2.05, 4.69) is 73.1 Å². The van der Waals surface area contributed by atoms with Crippen molar-refractivity contribution in [2.24, 2.45) is 0 Å². The maximum atomic E-state index is 13.0. The van der Waals surface area contributed by atoms with Gasteiger partial charge in [-0.3, -0.25) is 4.79 Å². The zero-order valence-electron chi connectivity index (χ0n) is 15.2. The first kappa shape index (κ1) is 22.7. The highest BCUT2D eigenvalue weighted by Gasteiger charge is 2.24. The van der Waals surface area contributed by atoms with Gasteiger partial charge in [0.1, 0.15) is 16.3 Å². The van der Waals surface area contributed by atoms with Crippen LogP contribution in [-0.2, 0) is 0 Å². The molecule has 0 saturated carbocycles. The Kier molecular flexibility index (Phi) is 7.43. The number of ether oxygens (including phenoxy) is 1. The van der Waals surface area contributed by atoms with Gasteiger partial charge in [-0.05, 0) is 86.3 Å². The normalized spacial score (nSPS) is 10.7. The third kappa shape index (κ3) is 4.71. The number of carbonyl (C=O) groups excluding carboxylic acids is 1. The van der Waals surface area contributed by atoms with Crippen molar-refractivity contribution in [3.05, 3.63) is 63.1 Å². The number of aromatic carboxylic acids is 1. The predicted octanol–water partition coefficient (Wildman–Crippen LogP) is 6.50. The highest BCUT2D eigenvalue weighted by atomic mass is 127. The Labute approximate surface area is 212 Å². The van der Waals surface area contributed by atoms with Gasteiger partial charge in [0.25, 0.3) is 5.91 Å². The van der Waals surface area contributed by atoms with E-state index in [0.29, 0.717) is 25.4 Å². The second kappa shape index (κ2) is 9.47. The van der Waals surface area contributed by atoms with Crippen molar-refractivity contribution in [1.29, 1.82) is 0 Å². The van der Waals surface area contributed by atoms with Gasteiger partial charge in [-0.1, -0.05) is 29.8 Å². The van der Waals surface area contributed by atoms with Crippen molar-refractivity contribution in [2.75, 3.05) is 12.4 Å². The Hall–Kier alpha value is -0.930. The lowest BCUT2D eigenvalue weighted by molar-refractivity contribution is 0.0699. The van der Waals surface area contributed by atoms with Gasteiger partial charge in [0, 0.05) is 14.5 Å². The third-order valence-electron chi connectivity index (χ3n) is 4.13. The first-order valence-electron chi connectivity index (χ1n) is 8.19. The number of thiophene rings is 1. The van der Waals surface area contributed by atoms with Gasteiger partial charge >= 0.3 is 5.97 Å². The van der Waals surface area contributed by atoms with Crippen molar-refractivity contribution in [2.45, 2.75) is 6.92 Å². The SMILES string of the molecule is COc1c(I)c(I)cc(C(=O)Nc2scc(-c3cccc(C)c3)c2C(=O)O)c1I. The fourth-order valence-electron chi connectivity index (χ4n) is 2.78. The molecule has 0 aliphatic rings. The Morgan fingerprint density at radius 2 is 1.86 bits per heavy atom. The summed E-state index contributed by atoms with van der Waals surface area (Å²) in [5.74, 6) is -0.821. The van der Waals surface area contributed by atoms with Crippen LogP contribution in [0.15, 0.2) is 35.7 Å². The van der Waals surface area contributed by atoms with E-state index in [9.17, 15) is 14.7 Å². The molecule has 0 atom stereocenters. The molecular formula is C20H14I3NO4S. The van der Waals surface area contributed by atoms with Gasteiger partial charge in [-0.15, -0.1) is 11.3 Å². The Balaban J connectivity index is 2.03. The topological polar surface area (TPSA) is 75.6 Å². The minimum atomic E-state index is -1.08. The van der Waals surface area contributed by atoms with Gasteiger partial charge < -0.3 is 15.2 Å². The Morgan fingerprint density at radius 3 is 2.48 bits per heavy atom. The molecule has 0 radical (unpaired) electrons. The smallest absolute Gasteiger partial charge is 0.339 e. The average Bonchev–Trinajstić information content (AvgIpc) is 3.09. The lowest BCUT2D eigenvalue weighted by Gasteiger charge is -2.13. The van der Waals surface area contributed by atoms with Crippen molar-refractivity contribution in [1.82, 2.24) is 0 Å². The van der Waals surface area contributed by atoms with Crippen LogP contribution in [0.5, 0.6) is 5.75 Å². The second-order valence-electron chi connectivity index (χ2n) is 6.05. The maximum Gasteiger partial charge on any atom is 0.339 e. The summed E-state index contributed by atoms with van der Waals surface area (Å²) in [6, 6.07) is 9.40. The summed E-state index contributed by atoms with van der Waals surface area (Å²) in [6.45, 7) is 1.95. The fourth-order valence-corrected chi connectivity index (χ4v) is 6.35. The van der Waals surface area contributed by atoms with Crippen LogP contribution in [0, 0.1) is 17.6 Å². The summed E-state index contributed by atoms with van der Waals surface area (Å²) in [4.78, 5) is 25.0. The molecule has 9 heteroatoms. The molecule has 0 spiro atoms. The van der Waals surface area contributed by atoms with Crippen molar-refractivity contribution in [3.8, 4) is 16.9 Å². The number of benzene rings is 2. The second-order valence-corrected chi connectivity index (χ2v) is 10.2. The van der Waals surface area contributed by atoms with Crippen LogP contribution in [0.3, 0.4) is 0 Å². The molecule has 5 nitrogen and oxygen atoms in total. The Morgan fingerprint density at radius 1 is 1.14 bits per heavy atom. The molecule has 150 valence electrons. The highest BCUT2D eigenvalue weighted by Crippen LogP contribution is 2.38. The van der Waals surface area contributed by atoms with Crippen LogP contribution in [0.4, 0.5) is 5.00 Å².